The van der Waals surface area contributed by atoms with Gasteiger partial charge in [0.15, 0.2) is 0 Å². The van der Waals surface area contributed by atoms with Gasteiger partial charge in [0.05, 0.1) is 19.1 Å². The maximum Gasteiger partial charge on any atom is 0.313 e. The normalized spacial score (nSPS) is 11.1. The highest BCUT2D eigenvalue weighted by atomic mass is 16.5. The van der Waals surface area contributed by atoms with Crippen LogP contribution in [0.2, 0.25) is 0 Å². The number of nitrogens with one attached hydrogen (secondary N) is 1. The molecule has 0 aliphatic heterocycles. The van der Waals surface area contributed by atoms with Gasteiger partial charge in [0, 0.05) is 13.0 Å². The second-order valence-corrected chi connectivity index (χ2v) is 4.56. The maximum atomic E-state index is 11.6. The average Bonchev–Trinajstić information content (AvgIpc) is 2.86. The minimum atomic E-state index is -0.725. The number of rotatable bonds is 6. The Labute approximate surface area is 106 Å². The molecule has 0 bridgehead atoms. The van der Waals surface area contributed by atoms with Gasteiger partial charge in [-0.2, -0.15) is 5.10 Å². The van der Waals surface area contributed by atoms with Crippen LogP contribution in [0.4, 0.5) is 0 Å². The topological polar surface area (TPSA) is 86.1 Å². The van der Waals surface area contributed by atoms with Crippen LogP contribution in [0.1, 0.15) is 20.3 Å². The molecular formula is C11H18N4O3. The molecule has 1 aromatic heterocycles. The van der Waals surface area contributed by atoms with Gasteiger partial charge in [-0.05, 0) is 13.8 Å². The first kappa shape index (κ1) is 14.1. The number of methoxy groups -OCH3 is 1. The van der Waals surface area contributed by atoms with E-state index in [4.69, 9.17) is 0 Å². The smallest absolute Gasteiger partial charge is 0.313 e. The first-order valence-electron chi connectivity index (χ1n) is 5.63. The third-order valence-corrected chi connectivity index (χ3v) is 2.50. The van der Waals surface area contributed by atoms with Crippen LogP contribution in [0.3, 0.4) is 0 Å². The molecule has 0 saturated carbocycles. The van der Waals surface area contributed by atoms with E-state index in [9.17, 15) is 9.59 Å². The molecule has 1 N–H and O–H groups in total. The summed E-state index contributed by atoms with van der Waals surface area (Å²) in [6.45, 7) is 4.15. The number of nitrogens with zero attached hydrogens (tertiary/aromatic N) is 3. The summed E-state index contributed by atoms with van der Waals surface area (Å²) in [5, 5.41) is 6.59. The van der Waals surface area contributed by atoms with E-state index < -0.39 is 5.41 Å². The molecule has 0 saturated heterocycles. The van der Waals surface area contributed by atoms with Crippen molar-refractivity contribution in [1.82, 2.24) is 20.1 Å². The molecule has 0 radical (unpaired) electrons. The van der Waals surface area contributed by atoms with Gasteiger partial charge in [-0.15, -0.1) is 0 Å². The van der Waals surface area contributed by atoms with E-state index in [1.807, 2.05) is 0 Å². The van der Waals surface area contributed by atoms with Crippen molar-refractivity contribution in [2.24, 2.45) is 5.41 Å². The fourth-order valence-corrected chi connectivity index (χ4v) is 1.32. The van der Waals surface area contributed by atoms with Crippen molar-refractivity contribution < 1.29 is 14.3 Å². The quantitative estimate of drug-likeness (QED) is 0.721. The molecule has 0 aliphatic carbocycles. The standard InChI is InChI=1S/C11H18N4O3/c1-11(2,10(17)18-3)6-13-9(16)4-5-15-8-12-7-14-15/h7-8H,4-6H2,1-3H3,(H,13,16). The number of carbonyl (C=O) groups is 2. The first-order chi connectivity index (χ1) is 8.45. The summed E-state index contributed by atoms with van der Waals surface area (Å²) >= 11 is 0. The van der Waals surface area contributed by atoms with Gasteiger partial charge in [0.2, 0.25) is 5.91 Å². The van der Waals surface area contributed by atoms with Crippen LogP contribution in [0, 0.1) is 5.41 Å². The van der Waals surface area contributed by atoms with Crippen molar-refractivity contribution in [2.45, 2.75) is 26.8 Å². The van der Waals surface area contributed by atoms with E-state index in [1.54, 1.807) is 24.9 Å². The van der Waals surface area contributed by atoms with Gasteiger partial charge in [-0.25, -0.2) is 4.98 Å². The van der Waals surface area contributed by atoms with Crippen molar-refractivity contribution in [3.8, 4) is 0 Å². The van der Waals surface area contributed by atoms with Crippen LogP contribution in [0.15, 0.2) is 12.7 Å². The summed E-state index contributed by atoms with van der Waals surface area (Å²) in [5.41, 5.74) is -0.725. The van der Waals surface area contributed by atoms with Crippen LogP contribution in [0.5, 0.6) is 0 Å². The van der Waals surface area contributed by atoms with E-state index >= 15 is 0 Å². The summed E-state index contributed by atoms with van der Waals surface area (Å²) in [4.78, 5) is 26.7. The summed E-state index contributed by atoms with van der Waals surface area (Å²) in [6, 6.07) is 0. The zero-order valence-electron chi connectivity index (χ0n) is 10.8. The monoisotopic (exact) mass is 254 g/mol. The van der Waals surface area contributed by atoms with Crippen LogP contribution in [-0.2, 0) is 20.9 Å². The molecule has 7 heteroatoms. The van der Waals surface area contributed by atoms with Gasteiger partial charge in [-0.1, -0.05) is 0 Å². The second-order valence-electron chi connectivity index (χ2n) is 4.56. The molecule has 18 heavy (non-hydrogen) atoms. The zero-order valence-corrected chi connectivity index (χ0v) is 10.8. The SMILES string of the molecule is COC(=O)C(C)(C)CNC(=O)CCn1cncn1. The van der Waals surface area contributed by atoms with Crippen LogP contribution < -0.4 is 5.32 Å². The molecule has 0 spiro atoms. The minimum absolute atomic E-state index is 0.137. The molecule has 0 fully saturated rings. The Balaban J connectivity index is 2.30. The Hall–Kier alpha value is -1.92. The summed E-state index contributed by atoms with van der Waals surface area (Å²) < 4.78 is 6.23. The fraction of sp³-hybridized carbons (Fsp3) is 0.636. The molecule has 100 valence electrons. The third-order valence-electron chi connectivity index (χ3n) is 2.50. The Kier molecular flexibility index (Phi) is 4.82. The Bertz CT molecular complexity index is 400. The second kappa shape index (κ2) is 6.13. The Morgan fingerprint density at radius 3 is 2.72 bits per heavy atom. The number of aromatic nitrogens is 3. The maximum absolute atomic E-state index is 11.6. The van der Waals surface area contributed by atoms with Crippen LogP contribution in [0.25, 0.3) is 0 Å². The summed E-state index contributed by atoms with van der Waals surface area (Å²) in [6.07, 6.45) is 3.25. The van der Waals surface area contributed by atoms with E-state index in [1.165, 1.54) is 13.4 Å². The predicted octanol–water partition coefficient (Wildman–Crippen LogP) is -0.0164. The number of amides is 1. The Morgan fingerprint density at radius 2 is 2.17 bits per heavy atom. The van der Waals surface area contributed by atoms with E-state index in [0.29, 0.717) is 13.0 Å². The molecule has 1 amide bonds. The molecule has 1 aromatic rings. The van der Waals surface area contributed by atoms with E-state index in [2.05, 4.69) is 20.1 Å². The number of carbonyl (C=O) groups excluding carboxylic acids is 2. The van der Waals surface area contributed by atoms with Crippen molar-refractivity contribution in [3.63, 3.8) is 0 Å². The van der Waals surface area contributed by atoms with Crippen molar-refractivity contribution in [2.75, 3.05) is 13.7 Å². The lowest BCUT2D eigenvalue weighted by molar-refractivity contribution is -0.150. The number of hydrogen-bond acceptors (Lipinski definition) is 5. The summed E-state index contributed by atoms with van der Waals surface area (Å²) in [7, 11) is 1.33. The molecule has 0 aromatic carbocycles. The first-order valence-corrected chi connectivity index (χ1v) is 5.63. The highest BCUT2D eigenvalue weighted by Gasteiger charge is 2.28. The van der Waals surface area contributed by atoms with Gasteiger partial charge in [-0.3, -0.25) is 14.3 Å². The lowest BCUT2D eigenvalue weighted by Gasteiger charge is -2.21. The third kappa shape index (κ3) is 4.15. The lowest BCUT2D eigenvalue weighted by Crippen LogP contribution is -2.39. The molecule has 7 nitrogen and oxygen atoms in total. The van der Waals surface area contributed by atoms with Crippen molar-refractivity contribution in [1.29, 1.82) is 0 Å². The van der Waals surface area contributed by atoms with E-state index in [-0.39, 0.29) is 18.4 Å². The lowest BCUT2D eigenvalue weighted by atomic mass is 9.94. The predicted molar refractivity (Wildman–Crippen MR) is 63.4 cm³/mol. The number of aryl methyl sites for hydroxylation is 1. The van der Waals surface area contributed by atoms with Crippen LogP contribution in [-0.4, -0.2) is 40.3 Å². The van der Waals surface area contributed by atoms with Gasteiger partial charge >= 0.3 is 5.97 Å². The number of hydrogen-bond donors (Lipinski definition) is 1. The Morgan fingerprint density at radius 1 is 1.44 bits per heavy atom. The van der Waals surface area contributed by atoms with Crippen molar-refractivity contribution >= 4 is 11.9 Å². The fourth-order valence-electron chi connectivity index (χ4n) is 1.32. The average molecular weight is 254 g/mol. The molecule has 1 heterocycles. The number of esters is 1. The zero-order chi connectivity index (χ0) is 13.6. The largest absolute Gasteiger partial charge is 0.469 e. The minimum Gasteiger partial charge on any atom is -0.469 e. The van der Waals surface area contributed by atoms with Crippen molar-refractivity contribution in [3.05, 3.63) is 12.7 Å². The molecule has 0 atom stereocenters. The summed E-state index contributed by atoms with van der Waals surface area (Å²) in [5.74, 6) is -0.485. The van der Waals surface area contributed by atoms with Crippen LogP contribution >= 0.6 is 0 Å². The molecular weight excluding hydrogens is 236 g/mol. The molecule has 0 aliphatic rings. The highest BCUT2D eigenvalue weighted by Crippen LogP contribution is 2.15. The van der Waals surface area contributed by atoms with Gasteiger partial charge in [0.1, 0.15) is 12.7 Å². The van der Waals surface area contributed by atoms with E-state index in [0.717, 1.165) is 0 Å². The van der Waals surface area contributed by atoms with Gasteiger partial charge < -0.3 is 10.1 Å². The molecule has 1 rings (SSSR count). The molecule has 0 unspecified atom stereocenters. The highest BCUT2D eigenvalue weighted by molar-refractivity contribution is 5.79. The van der Waals surface area contributed by atoms with Gasteiger partial charge in [0.25, 0.3) is 0 Å². The number of ether oxygens (including phenoxy) is 1.